The van der Waals surface area contributed by atoms with Gasteiger partial charge in [0.15, 0.2) is 0 Å². The summed E-state index contributed by atoms with van der Waals surface area (Å²) in [6, 6.07) is 9.93. The first-order chi connectivity index (χ1) is 11.5. The van der Waals surface area contributed by atoms with E-state index in [9.17, 15) is 5.11 Å². The van der Waals surface area contributed by atoms with Crippen molar-refractivity contribution in [2.75, 3.05) is 0 Å². The number of aromatic hydroxyl groups is 1. The number of pyridine rings is 1. The largest absolute Gasteiger partial charge is 0.507 e. The maximum absolute atomic E-state index is 10.8. The third kappa shape index (κ3) is 4.68. The molecule has 2 aromatic rings. The monoisotopic (exact) mass is 338 g/mol. The van der Waals surface area contributed by atoms with Gasteiger partial charge in [-0.1, -0.05) is 53.7 Å². The molecule has 0 aliphatic carbocycles. The van der Waals surface area contributed by atoms with Crippen LogP contribution in [0.1, 0.15) is 76.9 Å². The maximum Gasteiger partial charge on any atom is 0.128 e. The van der Waals surface area contributed by atoms with E-state index in [2.05, 4.69) is 57.6 Å². The highest BCUT2D eigenvalue weighted by Gasteiger charge is 2.24. The molecule has 1 N–H and O–H groups in total. The predicted molar refractivity (Wildman–Crippen MR) is 106 cm³/mol. The van der Waals surface area contributed by atoms with E-state index in [1.165, 1.54) is 5.56 Å². The van der Waals surface area contributed by atoms with Crippen molar-refractivity contribution < 1.29 is 5.11 Å². The van der Waals surface area contributed by atoms with Gasteiger partial charge in [0.2, 0.25) is 0 Å². The second-order valence-corrected chi connectivity index (χ2v) is 8.67. The smallest absolute Gasteiger partial charge is 0.128 e. The molecule has 0 amide bonds. The third-order valence-electron chi connectivity index (χ3n) is 4.37. The Bertz CT molecular complexity index is 750. The molecule has 1 heterocycles. The van der Waals surface area contributed by atoms with Gasteiger partial charge in [-0.3, -0.25) is 9.98 Å². The van der Waals surface area contributed by atoms with Crippen LogP contribution in [0.5, 0.6) is 5.75 Å². The standard InChI is InChI=1S/C22H30N2O/c1-15(19-10-8-9-11-23-19)24-14-16-12-17(21(2,3)4)13-18(20(16)25)22(5,6)7/h8-15,25H,1-7H3. The summed E-state index contributed by atoms with van der Waals surface area (Å²) in [5.41, 5.74) is 3.69. The zero-order valence-corrected chi connectivity index (χ0v) is 16.5. The molecule has 3 nitrogen and oxygen atoms in total. The molecule has 134 valence electrons. The maximum atomic E-state index is 10.8. The number of benzene rings is 1. The van der Waals surface area contributed by atoms with Crippen LogP contribution in [0.25, 0.3) is 0 Å². The lowest BCUT2D eigenvalue weighted by atomic mass is 9.79. The fourth-order valence-corrected chi connectivity index (χ4v) is 2.65. The van der Waals surface area contributed by atoms with Crippen LogP contribution in [-0.2, 0) is 10.8 Å². The molecule has 0 saturated carbocycles. The Labute approximate surface area is 151 Å². The molecular weight excluding hydrogens is 308 g/mol. The van der Waals surface area contributed by atoms with Gasteiger partial charge in [0.05, 0.1) is 11.7 Å². The average molecular weight is 338 g/mol. The van der Waals surface area contributed by atoms with Crippen molar-refractivity contribution in [1.82, 2.24) is 4.98 Å². The quantitative estimate of drug-likeness (QED) is 0.744. The molecule has 1 atom stereocenters. The lowest BCUT2D eigenvalue weighted by Gasteiger charge is -2.27. The second-order valence-electron chi connectivity index (χ2n) is 8.67. The van der Waals surface area contributed by atoms with Gasteiger partial charge in [0, 0.05) is 23.5 Å². The number of rotatable bonds is 3. The van der Waals surface area contributed by atoms with Crippen LogP contribution in [0.15, 0.2) is 41.5 Å². The van der Waals surface area contributed by atoms with Gasteiger partial charge in [-0.25, -0.2) is 0 Å². The number of aromatic nitrogens is 1. The van der Waals surface area contributed by atoms with E-state index >= 15 is 0 Å². The number of phenols is 1. The van der Waals surface area contributed by atoms with Crippen LogP contribution in [0.4, 0.5) is 0 Å². The van der Waals surface area contributed by atoms with Crippen LogP contribution < -0.4 is 0 Å². The molecule has 1 aromatic carbocycles. The molecule has 0 radical (unpaired) electrons. The first kappa shape index (κ1) is 19.2. The summed E-state index contributed by atoms with van der Waals surface area (Å²) in [5, 5.41) is 10.8. The normalized spacial score (nSPS) is 14.0. The molecule has 0 fully saturated rings. The minimum atomic E-state index is -0.138. The van der Waals surface area contributed by atoms with E-state index in [-0.39, 0.29) is 16.9 Å². The molecule has 0 aliphatic rings. The van der Waals surface area contributed by atoms with E-state index < -0.39 is 0 Å². The van der Waals surface area contributed by atoms with Gasteiger partial charge in [0.1, 0.15) is 5.75 Å². The third-order valence-corrected chi connectivity index (χ3v) is 4.37. The van der Waals surface area contributed by atoms with E-state index in [4.69, 9.17) is 0 Å². The zero-order valence-electron chi connectivity index (χ0n) is 16.5. The van der Waals surface area contributed by atoms with Gasteiger partial charge in [-0.15, -0.1) is 0 Å². The Morgan fingerprint density at radius 1 is 1.04 bits per heavy atom. The van der Waals surface area contributed by atoms with E-state index in [1.807, 2.05) is 31.2 Å². The second kappa shape index (κ2) is 6.99. The molecule has 1 aromatic heterocycles. The number of phenolic OH excluding ortho intramolecular Hbond substituents is 1. The van der Waals surface area contributed by atoms with Gasteiger partial charge in [0.25, 0.3) is 0 Å². The fraction of sp³-hybridized carbons (Fsp3) is 0.455. The topological polar surface area (TPSA) is 45.5 Å². The highest BCUT2D eigenvalue weighted by atomic mass is 16.3. The minimum absolute atomic E-state index is 0.00287. The van der Waals surface area contributed by atoms with E-state index in [0.717, 1.165) is 16.8 Å². The van der Waals surface area contributed by atoms with Crippen LogP contribution in [0, 0.1) is 0 Å². The molecule has 3 heteroatoms. The van der Waals surface area contributed by atoms with Crippen LogP contribution in [0.2, 0.25) is 0 Å². The van der Waals surface area contributed by atoms with Crippen LogP contribution in [0.3, 0.4) is 0 Å². The van der Waals surface area contributed by atoms with Crippen molar-refractivity contribution in [2.45, 2.75) is 65.3 Å². The fourth-order valence-electron chi connectivity index (χ4n) is 2.65. The lowest BCUT2D eigenvalue weighted by molar-refractivity contribution is 0.444. The lowest BCUT2D eigenvalue weighted by Crippen LogP contribution is -2.17. The Hall–Kier alpha value is -2.16. The van der Waals surface area contributed by atoms with Gasteiger partial charge >= 0.3 is 0 Å². The van der Waals surface area contributed by atoms with Crippen LogP contribution in [-0.4, -0.2) is 16.3 Å². The highest BCUT2D eigenvalue weighted by Crippen LogP contribution is 2.37. The summed E-state index contributed by atoms with van der Waals surface area (Å²) in [6.07, 6.45) is 3.55. The van der Waals surface area contributed by atoms with Gasteiger partial charge < -0.3 is 5.11 Å². The molecule has 2 rings (SSSR count). The molecule has 0 bridgehead atoms. The summed E-state index contributed by atoms with van der Waals surface area (Å²) in [5.74, 6) is 0.317. The first-order valence-corrected chi connectivity index (χ1v) is 8.82. The predicted octanol–water partition coefficient (Wildman–Crippen LogP) is 5.56. The summed E-state index contributed by atoms with van der Waals surface area (Å²) in [7, 11) is 0. The number of hydrogen-bond acceptors (Lipinski definition) is 3. The molecule has 0 spiro atoms. The molecule has 0 saturated heterocycles. The molecular formula is C22H30N2O. The van der Waals surface area contributed by atoms with Crippen molar-refractivity contribution in [3.63, 3.8) is 0 Å². The first-order valence-electron chi connectivity index (χ1n) is 8.82. The Morgan fingerprint density at radius 2 is 1.72 bits per heavy atom. The summed E-state index contributed by atoms with van der Waals surface area (Å²) in [4.78, 5) is 8.98. The van der Waals surface area contributed by atoms with Crippen molar-refractivity contribution in [1.29, 1.82) is 0 Å². The minimum Gasteiger partial charge on any atom is -0.507 e. The Balaban J connectivity index is 2.48. The van der Waals surface area contributed by atoms with Crippen molar-refractivity contribution in [3.05, 3.63) is 58.9 Å². The van der Waals surface area contributed by atoms with Crippen molar-refractivity contribution in [3.8, 4) is 5.75 Å². The van der Waals surface area contributed by atoms with E-state index in [1.54, 1.807) is 12.4 Å². The highest BCUT2D eigenvalue weighted by molar-refractivity contribution is 5.85. The van der Waals surface area contributed by atoms with Crippen molar-refractivity contribution in [2.24, 2.45) is 4.99 Å². The zero-order chi connectivity index (χ0) is 18.8. The number of hydrogen-bond donors (Lipinski definition) is 1. The number of aliphatic imine (C=N–C) groups is 1. The van der Waals surface area contributed by atoms with Gasteiger partial charge in [-0.05, 0) is 41.5 Å². The molecule has 25 heavy (non-hydrogen) atoms. The SMILES string of the molecule is CC(N=Cc1cc(C(C)(C)C)cc(C(C)(C)C)c1O)c1ccccn1. The van der Waals surface area contributed by atoms with E-state index in [0.29, 0.717) is 5.75 Å². The molecule has 0 aliphatic heterocycles. The Morgan fingerprint density at radius 3 is 2.24 bits per heavy atom. The van der Waals surface area contributed by atoms with Crippen LogP contribution >= 0.6 is 0 Å². The summed E-state index contributed by atoms with van der Waals surface area (Å²) < 4.78 is 0. The van der Waals surface area contributed by atoms with Crippen molar-refractivity contribution >= 4 is 6.21 Å². The Kier molecular flexibility index (Phi) is 5.36. The number of nitrogens with zero attached hydrogens (tertiary/aromatic N) is 2. The summed E-state index contributed by atoms with van der Waals surface area (Å²) in [6.45, 7) is 14.9. The molecule has 1 unspecified atom stereocenters. The van der Waals surface area contributed by atoms with Gasteiger partial charge in [-0.2, -0.15) is 0 Å². The summed E-state index contributed by atoms with van der Waals surface area (Å²) >= 11 is 0. The average Bonchev–Trinajstić information content (AvgIpc) is 2.52.